The summed E-state index contributed by atoms with van der Waals surface area (Å²) in [5.41, 5.74) is 0. The van der Waals surface area contributed by atoms with Crippen LogP contribution in [0.1, 0.15) is 50.0 Å². The third kappa shape index (κ3) is 6.50. The summed E-state index contributed by atoms with van der Waals surface area (Å²) >= 11 is 5.35. The van der Waals surface area contributed by atoms with E-state index >= 15 is 0 Å². The number of hydrogen-bond acceptors (Lipinski definition) is 2. The van der Waals surface area contributed by atoms with E-state index in [0.717, 1.165) is 6.42 Å². The molecule has 1 atom stereocenters. The minimum atomic E-state index is -1.47. The highest BCUT2D eigenvalue weighted by Crippen LogP contribution is 2.33. The van der Waals surface area contributed by atoms with Crippen LogP contribution in [-0.4, -0.2) is 8.32 Å². The van der Waals surface area contributed by atoms with Crippen LogP contribution in [0.15, 0.2) is 15.9 Å². The number of unbranched alkanes of at least 4 members (excludes halogenated alkanes) is 3. The van der Waals surface area contributed by atoms with Crippen molar-refractivity contribution in [2.45, 2.75) is 64.8 Å². The van der Waals surface area contributed by atoms with Crippen molar-refractivity contribution < 1.29 is 4.43 Å². The molecule has 0 aliphatic carbocycles. The monoisotopic (exact) mass is 348 g/mol. The van der Waals surface area contributed by atoms with Gasteiger partial charge in [0.05, 0.1) is 6.10 Å². The van der Waals surface area contributed by atoms with Gasteiger partial charge in [-0.1, -0.05) is 32.6 Å². The average molecular weight is 349 g/mol. The van der Waals surface area contributed by atoms with Crippen molar-refractivity contribution in [3.63, 3.8) is 0 Å². The maximum absolute atomic E-state index is 6.35. The first-order valence-corrected chi connectivity index (χ1v) is 11.9. The molecule has 0 N–H and O–H groups in total. The van der Waals surface area contributed by atoms with E-state index in [2.05, 4.69) is 53.9 Å². The van der Waals surface area contributed by atoms with Gasteiger partial charge in [0.25, 0.3) is 0 Å². The molecule has 0 amide bonds. The van der Waals surface area contributed by atoms with Gasteiger partial charge in [0.1, 0.15) is 0 Å². The van der Waals surface area contributed by atoms with Crippen molar-refractivity contribution in [3.8, 4) is 0 Å². The van der Waals surface area contributed by atoms with Crippen molar-refractivity contribution in [3.05, 3.63) is 20.8 Å². The van der Waals surface area contributed by atoms with E-state index in [1.54, 1.807) is 0 Å². The van der Waals surface area contributed by atoms with Crippen LogP contribution in [0.25, 0.3) is 0 Å². The Bertz CT molecular complexity index is 346. The van der Waals surface area contributed by atoms with E-state index in [1.807, 2.05) is 11.3 Å². The van der Waals surface area contributed by atoms with Gasteiger partial charge in [-0.2, -0.15) is 0 Å². The molecule has 0 aromatic carbocycles. The van der Waals surface area contributed by atoms with Gasteiger partial charge in [0.15, 0.2) is 8.32 Å². The van der Waals surface area contributed by atoms with Crippen molar-refractivity contribution in [1.29, 1.82) is 0 Å². The Morgan fingerprint density at radius 2 is 2.00 bits per heavy atom. The van der Waals surface area contributed by atoms with Gasteiger partial charge in [0, 0.05) is 14.7 Å². The lowest BCUT2D eigenvalue weighted by Crippen LogP contribution is -2.27. The van der Waals surface area contributed by atoms with Gasteiger partial charge in [-0.3, -0.25) is 0 Å². The van der Waals surface area contributed by atoms with Crippen LogP contribution in [0, 0.1) is 0 Å². The van der Waals surface area contributed by atoms with E-state index < -0.39 is 8.32 Å². The maximum atomic E-state index is 6.35. The number of hydrogen-bond donors (Lipinski definition) is 0. The Balaban J connectivity index is 2.58. The summed E-state index contributed by atoms with van der Waals surface area (Å²) in [4.78, 5) is 1.38. The second-order valence-corrected chi connectivity index (χ2v) is 12.1. The van der Waals surface area contributed by atoms with Gasteiger partial charge in [0.2, 0.25) is 0 Å². The molecule has 0 aliphatic heterocycles. The zero-order valence-electron chi connectivity index (χ0n) is 12.0. The van der Waals surface area contributed by atoms with Gasteiger partial charge < -0.3 is 4.43 Å². The lowest BCUT2D eigenvalue weighted by Gasteiger charge is -2.25. The summed E-state index contributed by atoms with van der Waals surface area (Å²) in [6, 6.07) is 2.22. The normalized spacial score (nSPS) is 13.8. The fourth-order valence-corrected chi connectivity index (χ4v) is 4.63. The lowest BCUT2D eigenvalue weighted by atomic mass is 10.1. The third-order valence-corrected chi connectivity index (χ3v) is 5.50. The van der Waals surface area contributed by atoms with Crippen LogP contribution >= 0.6 is 27.3 Å². The molecule has 4 heteroatoms. The highest BCUT2D eigenvalue weighted by molar-refractivity contribution is 9.10. The molecule has 0 saturated heterocycles. The minimum Gasteiger partial charge on any atom is -0.410 e. The number of thiophene rings is 1. The predicted octanol–water partition coefficient (Wildman–Crippen LogP) is 6.37. The molecule has 1 rings (SSSR count). The van der Waals surface area contributed by atoms with Gasteiger partial charge in [-0.15, -0.1) is 11.3 Å². The standard InChI is InChI=1S/C14H25BrOSSi/c1-5-6-7-8-9-13(16-18(2,3)4)14-10-12(15)11-17-14/h10-11,13H,5-9H2,1-4H3. The molecule has 0 radical (unpaired) electrons. The van der Waals surface area contributed by atoms with Crippen LogP contribution in [0.2, 0.25) is 19.6 Å². The van der Waals surface area contributed by atoms with E-state index in [0.29, 0.717) is 6.10 Å². The molecule has 1 unspecified atom stereocenters. The van der Waals surface area contributed by atoms with Gasteiger partial charge >= 0.3 is 0 Å². The molecular weight excluding hydrogens is 324 g/mol. The highest BCUT2D eigenvalue weighted by Gasteiger charge is 2.23. The van der Waals surface area contributed by atoms with Crippen molar-refractivity contribution in [1.82, 2.24) is 0 Å². The molecule has 0 aliphatic rings. The molecular formula is C14H25BrOSSi. The molecule has 104 valence electrons. The second-order valence-electron chi connectivity index (χ2n) is 5.74. The quantitative estimate of drug-likeness (QED) is 0.391. The highest BCUT2D eigenvalue weighted by atomic mass is 79.9. The molecule has 1 nitrogen and oxygen atoms in total. The molecule has 0 spiro atoms. The molecule has 18 heavy (non-hydrogen) atoms. The fourth-order valence-electron chi connectivity index (χ4n) is 1.94. The number of rotatable bonds is 8. The summed E-state index contributed by atoms with van der Waals surface area (Å²) in [6.45, 7) is 9.07. The zero-order chi connectivity index (χ0) is 13.6. The van der Waals surface area contributed by atoms with Crippen LogP contribution < -0.4 is 0 Å². The Morgan fingerprint density at radius 1 is 1.28 bits per heavy atom. The Hall–Kier alpha value is 0.357. The van der Waals surface area contributed by atoms with Crippen molar-refractivity contribution in [2.24, 2.45) is 0 Å². The number of halogens is 1. The smallest absolute Gasteiger partial charge is 0.184 e. The molecule has 1 heterocycles. The van der Waals surface area contributed by atoms with E-state index in [9.17, 15) is 0 Å². The van der Waals surface area contributed by atoms with Crippen LogP contribution in [-0.2, 0) is 4.43 Å². The molecule has 0 fully saturated rings. The Morgan fingerprint density at radius 3 is 2.50 bits per heavy atom. The van der Waals surface area contributed by atoms with Crippen molar-refractivity contribution in [2.75, 3.05) is 0 Å². The third-order valence-electron chi connectivity index (χ3n) is 2.72. The first-order valence-electron chi connectivity index (χ1n) is 6.84. The fraction of sp³-hybridized carbons (Fsp3) is 0.714. The predicted molar refractivity (Wildman–Crippen MR) is 88.0 cm³/mol. The first-order chi connectivity index (χ1) is 8.42. The Kier molecular flexibility index (Phi) is 7.14. The topological polar surface area (TPSA) is 9.23 Å². The maximum Gasteiger partial charge on any atom is 0.184 e. The molecule has 1 aromatic heterocycles. The molecule has 1 aromatic rings. The Labute approximate surface area is 125 Å². The molecule has 0 saturated carbocycles. The SMILES string of the molecule is CCCCCCC(O[Si](C)(C)C)c1cc(Br)cs1. The van der Waals surface area contributed by atoms with Crippen LogP contribution in [0.3, 0.4) is 0 Å². The second kappa shape index (κ2) is 7.83. The average Bonchev–Trinajstić information content (AvgIpc) is 2.68. The summed E-state index contributed by atoms with van der Waals surface area (Å²) < 4.78 is 7.53. The van der Waals surface area contributed by atoms with E-state index in [1.165, 1.54) is 35.0 Å². The van der Waals surface area contributed by atoms with Gasteiger partial charge in [-0.05, 0) is 48.1 Å². The van der Waals surface area contributed by atoms with Crippen molar-refractivity contribution >= 4 is 35.6 Å². The van der Waals surface area contributed by atoms with Gasteiger partial charge in [-0.25, -0.2) is 0 Å². The summed E-state index contributed by atoms with van der Waals surface area (Å²) in [5.74, 6) is 0. The summed E-state index contributed by atoms with van der Waals surface area (Å²) in [6.07, 6.45) is 6.72. The zero-order valence-corrected chi connectivity index (χ0v) is 15.4. The van der Waals surface area contributed by atoms with Crippen LogP contribution in [0.5, 0.6) is 0 Å². The lowest BCUT2D eigenvalue weighted by molar-refractivity contribution is 0.186. The van der Waals surface area contributed by atoms with Crippen LogP contribution in [0.4, 0.5) is 0 Å². The summed E-state index contributed by atoms with van der Waals surface area (Å²) in [7, 11) is -1.47. The van der Waals surface area contributed by atoms with E-state index in [-0.39, 0.29) is 0 Å². The summed E-state index contributed by atoms with van der Waals surface area (Å²) in [5, 5.41) is 2.15. The first kappa shape index (κ1) is 16.4. The molecule has 0 bridgehead atoms. The largest absolute Gasteiger partial charge is 0.410 e. The van der Waals surface area contributed by atoms with E-state index in [4.69, 9.17) is 4.43 Å². The minimum absolute atomic E-state index is 0.310.